The quantitative estimate of drug-likeness (QED) is 0.567. The lowest BCUT2D eigenvalue weighted by Crippen LogP contribution is -1.99. The summed E-state index contributed by atoms with van der Waals surface area (Å²) < 4.78 is 0. The van der Waals surface area contributed by atoms with Gasteiger partial charge in [-0.2, -0.15) is 0 Å². The Bertz CT molecular complexity index is 879. The topological polar surface area (TPSA) is 115 Å². The van der Waals surface area contributed by atoms with Gasteiger partial charge in [-0.1, -0.05) is 12.1 Å². The molecule has 0 amide bonds. The van der Waals surface area contributed by atoms with Gasteiger partial charge >= 0.3 is 0 Å². The Morgan fingerprint density at radius 3 is 2.30 bits per heavy atom. The molecule has 0 radical (unpaired) electrons. The molecule has 0 aliphatic heterocycles. The van der Waals surface area contributed by atoms with Crippen LogP contribution in [0.15, 0.2) is 54.6 Å². The van der Waals surface area contributed by atoms with Gasteiger partial charge in [-0.3, -0.25) is 10.1 Å². The van der Waals surface area contributed by atoms with Crippen molar-refractivity contribution in [3.63, 3.8) is 0 Å². The number of hydrogen-bond donors (Lipinski definition) is 2. The third-order valence-corrected chi connectivity index (χ3v) is 3.30. The molecule has 0 atom stereocenters. The summed E-state index contributed by atoms with van der Waals surface area (Å²) in [5.74, 6) is 0.138. The van der Waals surface area contributed by atoms with Crippen molar-refractivity contribution in [1.29, 1.82) is 0 Å². The van der Waals surface area contributed by atoms with E-state index in [1.165, 1.54) is 12.1 Å². The van der Waals surface area contributed by atoms with E-state index in [1.54, 1.807) is 42.5 Å². The minimum absolute atomic E-state index is 0.00305. The summed E-state index contributed by atoms with van der Waals surface area (Å²) in [5.41, 5.74) is 7.94. The number of phenols is 1. The van der Waals surface area contributed by atoms with E-state index in [1.807, 2.05) is 0 Å². The Labute approximate surface area is 131 Å². The van der Waals surface area contributed by atoms with Gasteiger partial charge in [0.25, 0.3) is 5.69 Å². The number of phenolic OH excluding ortho intramolecular Hbond substituents is 1. The first-order valence-electron chi connectivity index (χ1n) is 6.72. The molecule has 114 valence electrons. The summed E-state index contributed by atoms with van der Waals surface area (Å²) in [6.07, 6.45) is 0. The van der Waals surface area contributed by atoms with Crippen molar-refractivity contribution >= 4 is 11.6 Å². The Balaban J connectivity index is 2.07. The molecule has 7 nitrogen and oxygen atoms in total. The molecular formula is C16H12N4O3. The SMILES string of the molecule is Nc1nc(-c2ccc([N+](=O)[O-])cc2)cc(-c2ccccc2O)n1. The highest BCUT2D eigenvalue weighted by molar-refractivity contribution is 5.73. The summed E-state index contributed by atoms with van der Waals surface area (Å²) in [6, 6.07) is 14.4. The largest absolute Gasteiger partial charge is 0.507 e. The molecule has 0 spiro atoms. The maximum atomic E-state index is 10.7. The van der Waals surface area contributed by atoms with Gasteiger partial charge in [0, 0.05) is 23.3 Å². The normalized spacial score (nSPS) is 10.4. The summed E-state index contributed by atoms with van der Waals surface area (Å²) in [4.78, 5) is 18.5. The molecule has 1 heterocycles. The first-order chi connectivity index (χ1) is 11.0. The molecule has 0 aliphatic carbocycles. The molecule has 1 aromatic heterocycles. The van der Waals surface area contributed by atoms with Crippen LogP contribution in [0.3, 0.4) is 0 Å². The second kappa shape index (κ2) is 5.72. The second-order valence-corrected chi connectivity index (χ2v) is 4.82. The molecule has 3 rings (SSSR count). The molecule has 0 unspecified atom stereocenters. The van der Waals surface area contributed by atoms with E-state index in [9.17, 15) is 15.2 Å². The number of benzene rings is 2. The van der Waals surface area contributed by atoms with Crippen LogP contribution in [0.25, 0.3) is 22.5 Å². The molecule has 0 aliphatic rings. The zero-order chi connectivity index (χ0) is 16.4. The number of hydrogen-bond acceptors (Lipinski definition) is 6. The Morgan fingerprint density at radius 2 is 1.65 bits per heavy atom. The lowest BCUT2D eigenvalue weighted by molar-refractivity contribution is -0.384. The van der Waals surface area contributed by atoms with Crippen LogP contribution in [0.2, 0.25) is 0 Å². The third-order valence-electron chi connectivity index (χ3n) is 3.30. The van der Waals surface area contributed by atoms with Crippen molar-refractivity contribution < 1.29 is 10.0 Å². The van der Waals surface area contributed by atoms with E-state index in [-0.39, 0.29) is 17.4 Å². The van der Waals surface area contributed by atoms with Gasteiger partial charge in [0.2, 0.25) is 5.95 Å². The maximum absolute atomic E-state index is 10.7. The number of nitrogen functional groups attached to an aromatic ring is 1. The van der Waals surface area contributed by atoms with E-state index in [0.29, 0.717) is 22.5 Å². The monoisotopic (exact) mass is 308 g/mol. The summed E-state index contributed by atoms with van der Waals surface area (Å²) in [7, 11) is 0. The van der Waals surface area contributed by atoms with Crippen molar-refractivity contribution in [3.8, 4) is 28.3 Å². The van der Waals surface area contributed by atoms with Crippen LogP contribution >= 0.6 is 0 Å². The first kappa shape index (κ1) is 14.5. The number of nitrogens with zero attached hydrogens (tertiary/aromatic N) is 3. The van der Waals surface area contributed by atoms with Crippen molar-refractivity contribution in [2.45, 2.75) is 0 Å². The molecule has 3 aromatic rings. The fourth-order valence-electron chi connectivity index (χ4n) is 2.20. The number of aromatic nitrogens is 2. The predicted octanol–water partition coefficient (Wildman–Crippen LogP) is 3.01. The molecule has 0 saturated heterocycles. The van der Waals surface area contributed by atoms with Gasteiger partial charge < -0.3 is 10.8 Å². The van der Waals surface area contributed by atoms with E-state index in [2.05, 4.69) is 9.97 Å². The van der Waals surface area contributed by atoms with Crippen molar-refractivity contribution in [2.24, 2.45) is 0 Å². The smallest absolute Gasteiger partial charge is 0.269 e. The Morgan fingerprint density at radius 1 is 1.00 bits per heavy atom. The lowest BCUT2D eigenvalue weighted by atomic mass is 10.1. The lowest BCUT2D eigenvalue weighted by Gasteiger charge is -2.07. The highest BCUT2D eigenvalue weighted by atomic mass is 16.6. The van der Waals surface area contributed by atoms with Gasteiger partial charge in [0.05, 0.1) is 16.3 Å². The standard InChI is InChI=1S/C16H12N4O3/c17-16-18-13(10-5-7-11(8-6-10)20(22)23)9-14(19-16)12-3-1-2-4-15(12)21/h1-9,21H,(H2,17,18,19). The molecule has 0 fully saturated rings. The van der Waals surface area contributed by atoms with Crippen LogP contribution in [0.4, 0.5) is 11.6 Å². The minimum Gasteiger partial charge on any atom is -0.507 e. The summed E-state index contributed by atoms with van der Waals surface area (Å²) in [5, 5.41) is 20.6. The van der Waals surface area contributed by atoms with Crippen LogP contribution in [0.5, 0.6) is 5.75 Å². The van der Waals surface area contributed by atoms with Crippen LogP contribution < -0.4 is 5.73 Å². The molecule has 2 aromatic carbocycles. The highest BCUT2D eigenvalue weighted by Gasteiger charge is 2.11. The summed E-state index contributed by atoms with van der Waals surface area (Å²) >= 11 is 0. The minimum atomic E-state index is -0.467. The van der Waals surface area contributed by atoms with Crippen LogP contribution in [0.1, 0.15) is 0 Å². The number of aromatic hydroxyl groups is 1. The van der Waals surface area contributed by atoms with Crippen molar-refractivity contribution in [2.75, 3.05) is 5.73 Å². The predicted molar refractivity (Wildman–Crippen MR) is 85.6 cm³/mol. The molecular weight excluding hydrogens is 296 g/mol. The number of nitro groups is 1. The molecule has 3 N–H and O–H groups in total. The number of para-hydroxylation sites is 1. The van der Waals surface area contributed by atoms with Crippen LogP contribution in [-0.2, 0) is 0 Å². The van der Waals surface area contributed by atoms with Gasteiger partial charge in [-0.05, 0) is 30.3 Å². The number of rotatable bonds is 3. The average molecular weight is 308 g/mol. The van der Waals surface area contributed by atoms with Crippen LogP contribution in [-0.4, -0.2) is 20.0 Å². The fourth-order valence-corrected chi connectivity index (χ4v) is 2.20. The average Bonchev–Trinajstić information content (AvgIpc) is 2.55. The van der Waals surface area contributed by atoms with E-state index in [4.69, 9.17) is 5.73 Å². The van der Waals surface area contributed by atoms with E-state index < -0.39 is 4.92 Å². The molecule has 0 saturated carbocycles. The Hall–Kier alpha value is -3.48. The van der Waals surface area contributed by atoms with Crippen LogP contribution in [0, 0.1) is 10.1 Å². The van der Waals surface area contributed by atoms with E-state index >= 15 is 0 Å². The van der Waals surface area contributed by atoms with Crippen molar-refractivity contribution in [1.82, 2.24) is 9.97 Å². The number of nitrogens with two attached hydrogens (primary N) is 1. The number of non-ortho nitro benzene ring substituents is 1. The molecule has 7 heteroatoms. The second-order valence-electron chi connectivity index (χ2n) is 4.82. The zero-order valence-electron chi connectivity index (χ0n) is 11.9. The summed E-state index contributed by atoms with van der Waals surface area (Å²) in [6.45, 7) is 0. The van der Waals surface area contributed by atoms with Gasteiger partial charge in [0.15, 0.2) is 0 Å². The fraction of sp³-hybridized carbons (Fsp3) is 0. The zero-order valence-corrected chi connectivity index (χ0v) is 11.9. The number of anilines is 1. The number of nitro benzene ring substituents is 1. The first-order valence-corrected chi connectivity index (χ1v) is 6.72. The molecule has 0 bridgehead atoms. The third kappa shape index (κ3) is 2.93. The maximum Gasteiger partial charge on any atom is 0.269 e. The Kier molecular flexibility index (Phi) is 3.60. The van der Waals surface area contributed by atoms with Gasteiger partial charge in [-0.15, -0.1) is 0 Å². The van der Waals surface area contributed by atoms with Gasteiger partial charge in [-0.25, -0.2) is 9.97 Å². The van der Waals surface area contributed by atoms with E-state index in [0.717, 1.165) is 0 Å². The molecule has 23 heavy (non-hydrogen) atoms. The van der Waals surface area contributed by atoms with Gasteiger partial charge in [0.1, 0.15) is 5.75 Å². The van der Waals surface area contributed by atoms with Crippen molar-refractivity contribution in [3.05, 3.63) is 64.7 Å². The highest BCUT2D eigenvalue weighted by Crippen LogP contribution is 2.30.